The summed E-state index contributed by atoms with van der Waals surface area (Å²) in [5, 5.41) is 21.6. The minimum atomic E-state index is -1.04. The Kier molecular flexibility index (Phi) is 5.55. The highest BCUT2D eigenvalue weighted by Gasteiger charge is 2.38. The van der Waals surface area contributed by atoms with Gasteiger partial charge in [-0.05, 0) is 13.0 Å². The number of carbonyl (C=O) groups excluding carboxylic acids is 1. The fourth-order valence-electron chi connectivity index (χ4n) is 2.10. The molecule has 1 heterocycles. The normalized spacial score (nSPS) is 23.7. The van der Waals surface area contributed by atoms with E-state index in [0.717, 1.165) is 6.54 Å². The van der Waals surface area contributed by atoms with Gasteiger partial charge in [0.1, 0.15) is 6.04 Å². The predicted molar refractivity (Wildman–Crippen MR) is 66.1 cm³/mol. The summed E-state index contributed by atoms with van der Waals surface area (Å²) in [6.45, 7) is 4.92. The first kappa shape index (κ1) is 14.9. The Morgan fingerprint density at radius 2 is 2.11 bits per heavy atom. The number of hydrogen-bond donors (Lipinski definition) is 3. The Balaban J connectivity index is 2.38. The highest BCUT2D eigenvalue weighted by atomic mass is 16.4. The Morgan fingerprint density at radius 3 is 2.67 bits per heavy atom. The number of carbonyl (C=O) groups is 2. The molecule has 1 rings (SSSR count). The first-order chi connectivity index (χ1) is 8.41. The average Bonchev–Trinajstić information content (AvgIpc) is 2.66. The second kappa shape index (κ2) is 6.70. The van der Waals surface area contributed by atoms with E-state index in [4.69, 9.17) is 5.11 Å². The Bertz CT molecular complexity index is 306. The van der Waals surface area contributed by atoms with Crippen LogP contribution in [-0.2, 0) is 9.59 Å². The van der Waals surface area contributed by atoms with Gasteiger partial charge in [-0.3, -0.25) is 4.79 Å². The summed E-state index contributed by atoms with van der Waals surface area (Å²) in [4.78, 5) is 24.1. The number of nitrogens with one attached hydrogen (secondary N) is 1. The highest BCUT2D eigenvalue weighted by molar-refractivity contribution is 5.84. The van der Waals surface area contributed by atoms with Crippen LogP contribution in [-0.4, -0.2) is 58.3 Å². The Hall–Kier alpha value is -1.14. The van der Waals surface area contributed by atoms with Crippen LogP contribution < -0.4 is 5.32 Å². The first-order valence-electron chi connectivity index (χ1n) is 6.35. The SMILES string of the molecule is CC(C)NCCCC(=O)N1CC(O)CC1C(=O)O. The van der Waals surface area contributed by atoms with Gasteiger partial charge in [0.05, 0.1) is 6.10 Å². The molecule has 1 amide bonds. The molecule has 104 valence electrons. The van der Waals surface area contributed by atoms with Crippen LogP contribution in [0.5, 0.6) is 0 Å². The van der Waals surface area contributed by atoms with Crippen molar-refractivity contribution >= 4 is 11.9 Å². The van der Waals surface area contributed by atoms with Crippen LogP contribution in [0.25, 0.3) is 0 Å². The number of likely N-dealkylation sites (tertiary alicyclic amines) is 1. The van der Waals surface area contributed by atoms with Crippen molar-refractivity contribution in [2.24, 2.45) is 0 Å². The van der Waals surface area contributed by atoms with Crippen molar-refractivity contribution in [3.8, 4) is 0 Å². The number of amides is 1. The monoisotopic (exact) mass is 258 g/mol. The minimum absolute atomic E-state index is 0.130. The third-order valence-corrected chi connectivity index (χ3v) is 3.00. The van der Waals surface area contributed by atoms with Gasteiger partial charge in [0.2, 0.25) is 5.91 Å². The van der Waals surface area contributed by atoms with E-state index in [1.54, 1.807) is 0 Å². The van der Waals surface area contributed by atoms with Gasteiger partial charge < -0.3 is 20.4 Å². The van der Waals surface area contributed by atoms with Crippen LogP contribution in [0.1, 0.15) is 33.1 Å². The molecule has 0 bridgehead atoms. The van der Waals surface area contributed by atoms with Crippen LogP contribution in [0.15, 0.2) is 0 Å². The van der Waals surface area contributed by atoms with Crippen LogP contribution in [0.4, 0.5) is 0 Å². The largest absolute Gasteiger partial charge is 0.480 e. The van der Waals surface area contributed by atoms with Gasteiger partial charge in [-0.25, -0.2) is 4.79 Å². The number of nitrogens with zero attached hydrogens (tertiary/aromatic N) is 1. The van der Waals surface area contributed by atoms with Gasteiger partial charge in [-0.2, -0.15) is 0 Å². The van der Waals surface area contributed by atoms with E-state index in [2.05, 4.69) is 5.32 Å². The van der Waals surface area contributed by atoms with Crippen LogP contribution in [0.2, 0.25) is 0 Å². The Morgan fingerprint density at radius 1 is 1.44 bits per heavy atom. The number of carboxylic acids is 1. The summed E-state index contributed by atoms with van der Waals surface area (Å²) < 4.78 is 0. The van der Waals surface area contributed by atoms with Gasteiger partial charge in [0, 0.05) is 25.4 Å². The third-order valence-electron chi connectivity index (χ3n) is 3.00. The zero-order chi connectivity index (χ0) is 13.7. The maximum Gasteiger partial charge on any atom is 0.326 e. The molecule has 0 aromatic rings. The maximum absolute atomic E-state index is 11.9. The summed E-state index contributed by atoms with van der Waals surface area (Å²) >= 11 is 0. The molecule has 3 N–H and O–H groups in total. The molecule has 0 aromatic heterocycles. The lowest BCUT2D eigenvalue weighted by molar-refractivity contribution is -0.148. The molecular weight excluding hydrogens is 236 g/mol. The molecule has 1 aliphatic heterocycles. The Labute approximate surface area is 107 Å². The zero-order valence-corrected chi connectivity index (χ0v) is 10.9. The molecule has 1 saturated heterocycles. The lowest BCUT2D eigenvalue weighted by Gasteiger charge is -2.21. The van der Waals surface area contributed by atoms with Crippen molar-refractivity contribution in [1.82, 2.24) is 10.2 Å². The molecule has 2 unspecified atom stereocenters. The molecule has 18 heavy (non-hydrogen) atoms. The number of aliphatic carboxylic acids is 1. The molecule has 6 heteroatoms. The quantitative estimate of drug-likeness (QED) is 0.575. The molecular formula is C12H22N2O4. The second-order valence-electron chi connectivity index (χ2n) is 5.00. The van der Waals surface area contributed by atoms with Gasteiger partial charge in [0.25, 0.3) is 0 Å². The van der Waals surface area contributed by atoms with Crippen LogP contribution in [0.3, 0.4) is 0 Å². The topological polar surface area (TPSA) is 89.9 Å². The maximum atomic E-state index is 11.9. The lowest BCUT2D eigenvalue weighted by atomic mass is 10.2. The van der Waals surface area contributed by atoms with E-state index < -0.39 is 18.1 Å². The number of aliphatic hydroxyl groups excluding tert-OH is 1. The van der Waals surface area contributed by atoms with Crippen molar-refractivity contribution < 1.29 is 19.8 Å². The summed E-state index contributed by atoms with van der Waals surface area (Å²) in [7, 11) is 0. The van der Waals surface area contributed by atoms with Gasteiger partial charge in [-0.15, -0.1) is 0 Å². The molecule has 6 nitrogen and oxygen atoms in total. The molecule has 0 saturated carbocycles. The first-order valence-corrected chi connectivity index (χ1v) is 6.35. The standard InChI is InChI=1S/C12H22N2O4/c1-8(2)13-5-3-4-11(16)14-7-9(15)6-10(14)12(17)18/h8-10,13,15H,3-7H2,1-2H3,(H,17,18). The summed E-state index contributed by atoms with van der Waals surface area (Å²) in [5.41, 5.74) is 0. The smallest absolute Gasteiger partial charge is 0.326 e. The lowest BCUT2D eigenvalue weighted by Crippen LogP contribution is -2.40. The van der Waals surface area contributed by atoms with E-state index in [-0.39, 0.29) is 18.9 Å². The van der Waals surface area contributed by atoms with Crippen molar-refractivity contribution in [2.45, 2.75) is 51.3 Å². The molecule has 0 aromatic carbocycles. The van der Waals surface area contributed by atoms with E-state index in [0.29, 0.717) is 18.9 Å². The van der Waals surface area contributed by atoms with Crippen molar-refractivity contribution in [1.29, 1.82) is 0 Å². The molecule has 1 aliphatic rings. The van der Waals surface area contributed by atoms with E-state index in [9.17, 15) is 14.7 Å². The number of aliphatic hydroxyl groups is 1. The summed E-state index contributed by atoms with van der Waals surface area (Å²) in [6.07, 6.45) is 0.404. The number of β-amino-alcohol motifs (C(OH)–C–C–N with tert-alkyl or cyclic N) is 1. The number of hydrogen-bond acceptors (Lipinski definition) is 4. The summed E-state index contributed by atoms with van der Waals surface area (Å²) in [5.74, 6) is -1.23. The zero-order valence-electron chi connectivity index (χ0n) is 10.9. The summed E-state index contributed by atoms with van der Waals surface area (Å²) in [6, 6.07) is -0.494. The van der Waals surface area contributed by atoms with Crippen LogP contribution >= 0.6 is 0 Å². The third kappa shape index (κ3) is 4.27. The molecule has 0 radical (unpaired) electrons. The molecule has 2 atom stereocenters. The second-order valence-corrected chi connectivity index (χ2v) is 5.00. The van der Waals surface area contributed by atoms with E-state index >= 15 is 0 Å². The predicted octanol–water partition coefficient (Wildman–Crippen LogP) is -0.189. The fraction of sp³-hybridized carbons (Fsp3) is 0.833. The highest BCUT2D eigenvalue weighted by Crippen LogP contribution is 2.19. The van der Waals surface area contributed by atoms with Crippen molar-refractivity contribution in [3.63, 3.8) is 0 Å². The number of carboxylic acid groups (broad SMARTS) is 1. The van der Waals surface area contributed by atoms with Crippen molar-refractivity contribution in [2.75, 3.05) is 13.1 Å². The molecule has 0 spiro atoms. The van der Waals surface area contributed by atoms with Crippen LogP contribution in [0, 0.1) is 0 Å². The average molecular weight is 258 g/mol. The van der Waals surface area contributed by atoms with Gasteiger partial charge in [-0.1, -0.05) is 13.8 Å². The minimum Gasteiger partial charge on any atom is -0.480 e. The van der Waals surface area contributed by atoms with E-state index in [1.807, 2.05) is 13.8 Å². The van der Waals surface area contributed by atoms with E-state index in [1.165, 1.54) is 4.90 Å². The van der Waals surface area contributed by atoms with Gasteiger partial charge in [0.15, 0.2) is 0 Å². The molecule has 0 aliphatic carbocycles. The van der Waals surface area contributed by atoms with Gasteiger partial charge >= 0.3 is 5.97 Å². The number of rotatable bonds is 6. The van der Waals surface area contributed by atoms with Crippen molar-refractivity contribution in [3.05, 3.63) is 0 Å². The molecule has 1 fully saturated rings. The fourth-order valence-corrected chi connectivity index (χ4v) is 2.10.